The standard InChI is InChI=1S/C38H48N6O4/c45-25-27-4-6-31(7-5-27)34-19-33(24-43-12-14-44(15-13-43)36-39-10-1-11-40-36)47-35(48-34)32-8-2-26(3-9-32)23-41-37(46)42-38-20-28-16-29(21-38)18-30(17-28)22-38/h1-11,28-30,33-35,45H,12-25H2,(H2,41,42,46)/t28?,29?,30?,33-,34+,35+,38?/m0/s1. The van der Waals surface area contributed by atoms with E-state index in [9.17, 15) is 9.90 Å². The Morgan fingerprint density at radius 3 is 2.08 bits per heavy atom. The molecule has 2 saturated heterocycles. The smallest absolute Gasteiger partial charge is 0.315 e. The van der Waals surface area contributed by atoms with Crippen molar-refractivity contribution in [1.29, 1.82) is 0 Å². The molecule has 3 aromatic rings. The van der Waals surface area contributed by atoms with Crippen LogP contribution in [0.3, 0.4) is 0 Å². The highest BCUT2D eigenvalue weighted by Crippen LogP contribution is 2.55. The topological polar surface area (TPSA) is 112 Å². The molecule has 2 aliphatic heterocycles. The lowest BCUT2D eigenvalue weighted by atomic mass is 9.53. The van der Waals surface area contributed by atoms with Gasteiger partial charge in [0.1, 0.15) is 0 Å². The molecule has 3 heterocycles. The van der Waals surface area contributed by atoms with Gasteiger partial charge in [0, 0.05) is 69.2 Å². The normalized spacial score (nSPS) is 31.5. The first kappa shape index (κ1) is 31.7. The molecule has 4 aliphatic carbocycles. The highest BCUT2D eigenvalue weighted by atomic mass is 16.7. The minimum absolute atomic E-state index is 0.00768. The first-order valence-electron chi connectivity index (χ1n) is 17.9. The molecule has 6 aliphatic rings. The zero-order chi connectivity index (χ0) is 32.5. The first-order valence-corrected chi connectivity index (χ1v) is 17.9. The average molecular weight is 653 g/mol. The van der Waals surface area contributed by atoms with Gasteiger partial charge in [-0.3, -0.25) is 4.90 Å². The molecule has 0 radical (unpaired) electrons. The van der Waals surface area contributed by atoms with Crippen molar-refractivity contribution < 1.29 is 19.4 Å². The number of hydrogen-bond acceptors (Lipinski definition) is 8. The van der Waals surface area contributed by atoms with Crippen molar-refractivity contribution in [3.63, 3.8) is 0 Å². The van der Waals surface area contributed by atoms with Crippen LogP contribution >= 0.6 is 0 Å². The fourth-order valence-electron chi connectivity index (χ4n) is 9.43. The third-order valence-corrected chi connectivity index (χ3v) is 11.4. The fourth-order valence-corrected chi connectivity index (χ4v) is 9.43. The summed E-state index contributed by atoms with van der Waals surface area (Å²) in [5.74, 6) is 3.18. The predicted molar refractivity (Wildman–Crippen MR) is 182 cm³/mol. The third kappa shape index (κ3) is 7.08. The molecule has 0 spiro atoms. The molecular formula is C38H48N6O4. The van der Waals surface area contributed by atoms with Gasteiger partial charge >= 0.3 is 6.03 Å². The average Bonchev–Trinajstić information content (AvgIpc) is 3.11. The number of aliphatic hydroxyl groups is 1. The molecule has 3 N–H and O–H groups in total. The first-order chi connectivity index (χ1) is 23.5. The third-order valence-electron chi connectivity index (χ3n) is 11.4. The van der Waals surface area contributed by atoms with Gasteiger partial charge in [-0.25, -0.2) is 14.8 Å². The SMILES string of the molecule is O=C(NCc1ccc([C@@H]2O[C@H](CN3CCN(c4ncccn4)CC3)C[C@H](c3ccc(CO)cc3)O2)cc1)NC12CC3CC(CC(C3)C1)C2. The number of aliphatic hydroxyl groups excluding tert-OH is 1. The molecule has 9 rings (SSSR count). The molecule has 1 aromatic heterocycles. The van der Waals surface area contributed by atoms with Crippen LogP contribution in [-0.2, 0) is 22.6 Å². The van der Waals surface area contributed by atoms with Crippen LogP contribution in [0.25, 0.3) is 0 Å². The Balaban J connectivity index is 0.894. The number of nitrogens with zero attached hydrogens (tertiary/aromatic N) is 4. The van der Waals surface area contributed by atoms with Gasteiger partial charge in [0.15, 0.2) is 6.29 Å². The summed E-state index contributed by atoms with van der Waals surface area (Å²) in [5, 5.41) is 16.1. The van der Waals surface area contributed by atoms with Crippen LogP contribution in [-0.4, -0.2) is 70.4 Å². The van der Waals surface area contributed by atoms with E-state index in [0.717, 1.165) is 104 Å². The van der Waals surface area contributed by atoms with E-state index in [0.29, 0.717) is 6.54 Å². The minimum Gasteiger partial charge on any atom is -0.392 e. The van der Waals surface area contributed by atoms with E-state index in [4.69, 9.17) is 9.47 Å². The summed E-state index contributed by atoms with van der Waals surface area (Å²) in [5.41, 5.74) is 3.98. The maximum absolute atomic E-state index is 13.0. The maximum Gasteiger partial charge on any atom is 0.315 e. The fraction of sp³-hybridized carbons (Fsp3) is 0.553. The number of piperazine rings is 1. The van der Waals surface area contributed by atoms with Crippen LogP contribution in [0.4, 0.5) is 10.7 Å². The lowest BCUT2D eigenvalue weighted by molar-refractivity contribution is -0.253. The molecule has 254 valence electrons. The molecule has 48 heavy (non-hydrogen) atoms. The number of hydrogen-bond donors (Lipinski definition) is 3. The summed E-state index contributed by atoms with van der Waals surface area (Å²) in [6.07, 6.45) is 11.2. The van der Waals surface area contributed by atoms with Crippen molar-refractivity contribution in [3.8, 4) is 0 Å². The number of rotatable bonds is 9. The van der Waals surface area contributed by atoms with Crippen molar-refractivity contribution in [2.75, 3.05) is 37.6 Å². The quantitative estimate of drug-likeness (QED) is 0.293. The summed E-state index contributed by atoms with van der Waals surface area (Å²) >= 11 is 0. The molecule has 10 nitrogen and oxygen atoms in total. The van der Waals surface area contributed by atoms with Crippen LogP contribution in [0.1, 0.15) is 79.6 Å². The number of nitrogens with one attached hydrogen (secondary N) is 2. The van der Waals surface area contributed by atoms with Crippen molar-refractivity contribution in [1.82, 2.24) is 25.5 Å². The highest BCUT2D eigenvalue weighted by molar-refractivity contribution is 5.75. The predicted octanol–water partition coefficient (Wildman–Crippen LogP) is 5.10. The summed E-state index contributed by atoms with van der Waals surface area (Å²) in [4.78, 5) is 26.6. The van der Waals surface area contributed by atoms with Crippen LogP contribution in [0.2, 0.25) is 0 Å². The second kappa shape index (κ2) is 13.7. The highest BCUT2D eigenvalue weighted by Gasteiger charge is 2.51. The summed E-state index contributed by atoms with van der Waals surface area (Å²) < 4.78 is 13.2. The van der Waals surface area contributed by atoms with Crippen LogP contribution in [0.5, 0.6) is 0 Å². The maximum atomic E-state index is 13.0. The number of amides is 2. The Bertz CT molecular complexity index is 1490. The molecule has 0 unspecified atom stereocenters. The van der Waals surface area contributed by atoms with Crippen LogP contribution in [0, 0.1) is 17.8 Å². The number of carbonyl (C=O) groups is 1. The number of anilines is 1. The van der Waals surface area contributed by atoms with Gasteiger partial charge in [-0.15, -0.1) is 0 Å². The number of benzene rings is 2. The molecule has 10 heteroatoms. The summed E-state index contributed by atoms with van der Waals surface area (Å²) in [7, 11) is 0. The number of aromatic nitrogens is 2. The number of ether oxygens (including phenoxy) is 2. The van der Waals surface area contributed by atoms with E-state index in [1.165, 1.54) is 19.3 Å². The molecule has 2 amide bonds. The van der Waals surface area contributed by atoms with Crippen molar-refractivity contribution in [2.45, 2.75) is 82.1 Å². The molecule has 6 fully saturated rings. The Morgan fingerprint density at radius 1 is 0.812 bits per heavy atom. The second-order valence-electron chi connectivity index (χ2n) is 14.9. The van der Waals surface area contributed by atoms with Gasteiger partial charge in [-0.1, -0.05) is 48.5 Å². The van der Waals surface area contributed by atoms with Gasteiger partial charge in [0.05, 0.1) is 18.8 Å². The lowest BCUT2D eigenvalue weighted by Gasteiger charge is -2.56. The van der Waals surface area contributed by atoms with Crippen molar-refractivity contribution in [2.24, 2.45) is 17.8 Å². The Morgan fingerprint density at radius 2 is 1.44 bits per heavy atom. The lowest BCUT2D eigenvalue weighted by Crippen LogP contribution is -2.61. The minimum atomic E-state index is -0.508. The molecule has 3 atom stereocenters. The van der Waals surface area contributed by atoms with Gasteiger partial charge in [-0.2, -0.15) is 0 Å². The summed E-state index contributed by atoms with van der Waals surface area (Å²) in [6.45, 7) is 4.89. The zero-order valence-corrected chi connectivity index (χ0v) is 27.7. The Hall–Kier alpha value is -3.57. The Labute approximate surface area is 283 Å². The zero-order valence-electron chi connectivity index (χ0n) is 27.7. The monoisotopic (exact) mass is 652 g/mol. The largest absolute Gasteiger partial charge is 0.392 e. The Kier molecular flexibility index (Phi) is 9.07. The van der Waals surface area contributed by atoms with E-state index in [-0.39, 0.29) is 30.4 Å². The van der Waals surface area contributed by atoms with E-state index in [1.807, 2.05) is 18.2 Å². The summed E-state index contributed by atoms with van der Waals surface area (Å²) in [6, 6.07) is 18.1. The van der Waals surface area contributed by atoms with Crippen molar-refractivity contribution >= 4 is 12.0 Å². The van der Waals surface area contributed by atoms with Gasteiger partial charge in [-0.05, 0) is 79.0 Å². The van der Waals surface area contributed by atoms with Gasteiger partial charge < -0.3 is 30.1 Å². The molecular weight excluding hydrogens is 604 g/mol. The molecule has 4 saturated carbocycles. The van der Waals surface area contributed by atoms with E-state index in [1.54, 1.807) is 12.4 Å². The van der Waals surface area contributed by atoms with Crippen LogP contribution in [0.15, 0.2) is 67.0 Å². The number of urea groups is 1. The van der Waals surface area contributed by atoms with E-state index >= 15 is 0 Å². The molecule has 2 aromatic carbocycles. The van der Waals surface area contributed by atoms with E-state index < -0.39 is 6.29 Å². The molecule has 4 bridgehead atoms. The number of carbonyl (C=O) groups excluding carboxylic acids is 1. The van der Waals surface area contributed by atoms with Crippen LogP contribution < -0.4 is 15.5 Å². The second-order valence-corrected chi connectivity index (χ2v) is 14.9. The van der Waals surface area contributed by atoms with Gasteiger partial charge in [0.25, 0.3) is 0 Å². The van der Waals surface area contributed by atoms with Crippen molar-refractivity contribution in [3.05, 3.63) is 89.2 Å². The van der Waals surface area contributed by atoms with E-state index in [2.05, 4.69) is 66.8 Å². The van der Waals surface area contributed by atoms with Gasteiger partial charge in [0.2, 0.25) is 5.95 Å².